The fraction of sp³-hybridized carbons (Fsp3) is 0.667. The first-order valence-corrected chi connectivity index (χ1v) is 10.6. The SMILES string of the molecule is CCCN1CCc2c(sc3c2c(N2CCCC[C@@H]2C)nc2nnnn23)C1. The molecule has 0 saturated carbocycles. The van der Waals surface area contributed by atoms with Gasteiger partial charge in [-0.25, -0.2) is 0 Å². The Morgan fingerprint density at radius 2 is 2.15 bits per heavy atom. The molecule has 0 N–H and O–H groups in total. The first-order valence-electron chi connectivity index (χ1n) is 9.77. The van der Waals surface area contributed by atoms with E-state index in [0.29, 0.717) is 11.8 Å². The van der Waals surface area contributed by atoms with E-state index < -0.39 is 0 Å². The van der Waals surface area contributed by atoms with Gasteiger partial charge in [0, 0.05) is 30.6 Å². The summed E-state index contributed by atoms with van der Waals surface area (Å²) in [4.78, 5) is 12.6. The van der Waals surface area contributed by atoms with Crippen molar-refractivity contribution in [3.05, 3.63) is 10.4 Å². The molecule has 1 saturated heterocycles. The van der Waals surface area contributed by atoms with Crippen LogP contribution in [0.25, 0.3) is 16.0 Å². The molecule has 138 valence electrons. The molecule has 26 heavy (non-hydrogen) atoms. The highest BCUT2D eigenvalue weighted by molar-refractivity contribution is 7.19. The van der Waals surface area contributed by atoms with Gasteiger partial charge in [0.2, 0.25) is 0 Å². The van der Waals surface area contributed by atoms with Crippen LogP contribution in [0.1, 0.15) is 50.0 Å². The van der Waals surface area contributed by atoms with Crippen LogP contribution in [0.5, 0.6) is 0 Å². The molecule has 0 amide bonds. The molecule has 0 aliphatic carbocycles. The molecule has 1 atom stereocenters. The predicted octanol–water partition coefficient (Wildman–Crippen LogP) is 2.88. The smallest absolute Gasteiger partial charge is 0.276 e. The van der Waals surface area contributed by atoms with E-state index in [2.05, 4.69) is 39.2 Å². The Morgan fingerprint density at radius 3 is 3.00 bits per heavy atom. The maximum atomic E-state index is 4.92. The highest BCUT2D eigenvalue weighted by Gasteiger charge is 2.29. The fourth-order valence-corrected chi connectivity index (χ4v) is 5.81. The molecule has 3 aromatic heterocycles. The molecule has 0 spiro atoms. The average Bonchev–Trinajstić information content (AvgIpc) is 3.25. The third-order valence-electron chi connectivity index (χ3n) is 5.81. The lowest BCUT2D eigenvalue weighted by molar-refractivity contribution is 0.258. The van der Waals surface area contributed by atoms with Gasteiger partial charge in [0.25, 0.3) is 5.78 Å². The van der Waals surface area contributed by atoms with Crippen molar-refractivity contribution in [1.29, 1.82) is 0 Å². The summed E-state index contributed by atoms with van der Waals surface area (Å²) in [6.45, 7) is 9.00. The summed E-state index contributed by atoms with van der Waals surface area (Å²) < 4.78 is 1.83. The summed E-state index contributed by atoms with van der Waals surface area (Å²) in [7, 11) is 0. The van der Waals surface area contributed by atoms with Crippen molar-refractivity contribution >= 4 is 33.1 Å². The van der Waals surface area contributed by atoms with E-state index in [0.717, 1.165) is 36.7 Å². The third-order valence-corrected chi connectivity index (χ3v) is 7.00. The Kier molecular flexibility index (Phi) is 4.04. The van der Waals surface area contributed by atoms with Crippen molar-refractivity contribution in [2.45, 2.75) is 58.5 Å². The Hall–Kier alpha value is -1.80. The fourth-order valence-electron chi connectivity index (χ4n) is 4.48. The molecule has 2 aliphatic rings. The summed E-state index contributed by atoms with van der Waals surface area (Å²) in [6.07, 6.45) is 6.08. The van der Waals surface area contributed by atoms with Gasteiger partial charge in [0.15, 0.2) is 0 Å². The summed E-state index contributed by atoms with van der Waals surface area (Å²) in [6, 6.07) is 0.522. The number of rotatable bonds is 3. The van der Waals surface area contributed by atoms with E-state index in [1.54, 1.807) is 0 Å². The molecule has 5 rings (SSSR count). The maximum Gasteiger partial charge on any atom is 0.276 e. The highest BCUT2D eigenvalue weighted by Crippen LogP contribution is 2.41. The van der Waals surface area contributed by atoms with Crippen LogP contribution in [0.15, 0.2) is 0 Å². The van der Waals surface area contributed by atoms with Crippen LogP contribution in [-0.2, 0) is 13.0 Å². The molecule has 7 nitrogen and oxygen atoms in total. The minimum absolute atomic E-state index is 0.522. The number of fused-ring (bicyclic) bond motifs is 5. The van der Waals surface area contributed by atoms with Gasteiger partial charge in [-0.3, -0.25) is 4.90 Å². The normalized spacial score (nSPS) is 21.6. The van der Waals surface area contributed by atoms with Crippen LogP contribution in [0.2, 0.25) is 0 Å². The topological polar surface area (TPSA) is 62.5 Å². The standard InChI is InChI=1S/C18H25N7S/c1-3-8-23-10-7-13-14(11-23)26-17-15(13)16(19-18-20-21-22-25(17)18)24-9-5-4-6-12(24)2/h12H,3-11H2,1-2H3/t12-/m0/s1. The largest absolute Gasteiger partial charge is 0.353 e. The molecule has 1 fully saturated rings. The van der Waals surface area contributed by atoms with E-state index in [-0.39, 0.29) is 0 Å². The molecule has 0 unspecified atom stereocenters. The molecular weight excluding hydrogens is 346 g/mol. The lowest BCUT2D eigenvalue weighted by Gasteiger charge is -2.35. The Labute approximate surface area is 157 Å². The van der Waals surface area contributed by atoms with E-state index in [1.165, 1.54) is 48.1 Å². The zero-order valence-corrected chi connectivity index (χ0v) is 16.3. The molecule has 0 radical (unpaired) electrons. The second-order valence-electron chi connectivity index (χ2n) is 7.57. The monoisotopic (exact) mass is 371 g/mol. The predicted molar refractivity (Wildman–Crippen MR) is 104 cm³/mol. The van der Waals surface area contributed by atoms with Crippen molar-refractivity contribution in [3.63, 3.8) is 0 Å². The molecule has 8 heteroatoms. The second kappa shape index (κ2) is 6.42. The second-order valence-corrected chi connectivity index (χ2v) is 8.66. The molecule has 0 bridgehead atoms. The van der Waals surface area contributed by atoms with Gasteiger partial charge in [-0.15, -0.1) is 11.3 Å². The van der Waals surface area contributed by atoms with E-state index in [9.17, 15) is 0 Å². The number of hydrogen-bond acceptors (Lipinski definition) is 7. The molecule has 2 aliphatic heterocycles. The average molecular weight is 372 g/mol. The molecular formula is C18H25N7S. The van der Waals surface area contributed by atoms with Gasteiger partial charge in [-0.1, -0.05) is 12.0 Å². The van der Waals surface area contributed by atoms with Crippen LogP contribution in [-0.4, -0.2) is 55.6 Å². The van der Waals surface area contributed by atoms with Crippen LogP contribution >= 0.6 is 11.3 Å². The number of thiophene rings is 1. The van der Waals surface area contributed by atoms with Crippen molar-refractivity contribution in [3.8, 4) is 0 Å². The van der Waals surface area contributed by atoms with E-state index in [4.69, 9.17) is 4.98 Å². The number of nitrogens with zero attached hydrogens (tertiary/aromatic N) is 7. The Balaban J connectivity index is 1.71. The van der Waals surface area contributed by atoms with Crippen molar-refractivity contribution in [2.75, 3.05) is 24.5 Å². The van der Waals surface area contributed by atoms with Gasteiger partial charge < -0.3 is 4.90 Å². The lowest BCUT2D eigenvalue weighted by atomic mass is 10.0. The van der Waals surface area contributed by atoms with Gasteiger partial charge in [-0.2, -0.15) is 9.50 Å². The first kappa shape index (κ1) is 16.4. The maximum absolute atomic E-state index is 4.92. The van der Waals surface area contributed by atoms with Crippen molar-refractivity contribution in [2.24, 2.45) is 0 Å². The zero-order valence-electron chi connectivity index (χ0n) is 15.5. The van der Waals surface area contributed by atoms with Crippen LogP contribution in [0.4, 0.5) is 5.82 Å². The van der Waals surface area contributed by atoms with Crippen molar-refractivity contribution in [1.82, 2.24) is 29.9 Å². The van der Waals surface area contributed by atoms with Gasteiger partial charge in [0.1, 0.15) is 10.6 Å². The zero-order chi connectivity index (χ0) is 17.7. The molecule has 3 aromatic rings. The molecule has 5 heterocycles. The number of tetrazole rings is 1. The number of hydrogen-bond donors (Lipinski definition) is 0. The van der Waals surface area contributed by atoms with Crippen LogP contribution in [0, 0.1) is 0 Å². The first-order chi connectivity index (χ1) is 12.8. The number of anilines is 1. The number of aromatic nitrogens is 5. The van der Waals surface area contributed by atoms with Gasteiger partial charge >= 0.3 is 0 Å². The quantitative estimate of drug-likeness (QED) is 0.705. The summed E-state index contributed by atoms with van der Waals surface area (Å²) in [5.74, 6) is 1.73. The third kappa shape index (κ3) is 2.50. The summed E-state index contributed by atoms with van der Waals surface area (Å²) in [5, 5.41) is 13.6. The highest BCUT2D eigenvalue weighted by atomic mass is 32.1. The van der Waals surface area contributed by atoms with E-state index in [1.807, 2.05) is 15.9 Å². The van der Waals surface area contributed by atoms with Gasteiger partial charge in [0.05, 0.1) is 5.39 Å². The minimum Gasteiger partial charge on any atom is -0.353 e. The Bertz CT molecular complexity index is 946. The Morgan fingerprint density at radius 1 is 1.23 bits per heavy atom. The van der Waals surface area contributed by atoms with Crippen molar-refractivity contribution < 1.29 is 0 Å². The number of piperidine rings is 1. The summed E-state index contributed by atoms with van der Waals surface area (Å²) in [5.41, 5.74) is 1.48. The minimum atomic E-state index is 0.522. The molecule has 0 aromatic carbocycles. The van der Waals surface area contributed by atoms with E-state index >= 15 is 0 Å². The van der Waals surface area contributed by atoms with Gasteiger partial charge in [-0.05, 0) is 61.6 Å². The summed E-state index contributed by atoms with van der Waals surface area (Å²) >= 11 is 1.85. The lowest BCUT2D eigenvalue weighted by Crippen LogP contribution is -2.38. The van der Waals surface area contributed by atoms with Crippen LogP contribution in [0.3, 0.4) is 0 Å². The van der Waals surface area contributed by atoms with Crippen LogP contribution < -0.4 is 4.90 Å².